The number of aryl methyl sites for hydroxylation is 1. The summed E-state index contributed by atoms with van der Waals surface area (Å²) in [5.41, 5.74) is 8.49. The van der Waals surface area contributed by atoms with Gasteiger partial charge in [0.25, 0.3) is 0 Å². The Morgan fingerprint density at radius 1 is 1.41 bits per heavy atom. The molecule has 0 saturated carbocycles. The topological polar surface area (TPSA) is 66.6 Å². The zero-order chi connectivity index (χ0) is 12.4. The van der Waals surface area contributed by atoms with Crippen molar-refractivity contribution in [2.45, 2.75) is 25.8 Å². The van der Waals surface area contributed by atoms with Crippen molar-refractivity contribution < 1.29 is 9.90 Å². The van der Waals surface area contributed by atoms with Crippen LogP contribution in [0.1, 0.15) is 30.0 Å². The number of nitrogens with zero attached hydrogens (tertiary/aromatic N) is 1. The maximum absolute atomic E-state index is 11.0. The molecule has 1 aliphatic heterocycles. The molecule has 17 heavy (non-hydrogen) atoms. The van der Waals surface area contributed by atoms with E-state index in [1.54, 1.807) is 0 Å². The van der Waals surface area contributed by atoms with Gasteiger partial charge in [0.2, 0.25) is 0 Å². The highest BCUT2D eigenvalue weighted by atomic mass is 16.4. The van der Waals surface area contributed by atoms with Gasteiger partial charge in [-0.3, -0.25) is 4.79 Å². The summed E-state index contributed by atoms with van der Waals surface area (Å²) in [5, 5.41) is 9.05. The van der Waals surface area contributed by atoms with E-state index in [0.29, 0.717) is 0 Å². The van der Waals surface area contributed by atoms with E-state index < -0.39 is 12.0 Å². The molecule has 1 heterocycles. The van der Waals surface area contributed by atoms with E-state index in [2.05, 4.69) is 4.90 Å². The first-order valence-corrected chi connectivity index (χ1v) is 5.93. The molecule has 0 aromatic heterocycles. The first-order valence-electron chi connectivity index (χ1n) is 5.93. The minimum Gasteiger partial charge on any atom is -0.480 e. The molecule has 1 aromatic carbocycles. The maximum Gasteiger partial charge on any atom is 0.325 e. The fourth-order valence-electron chi connectivity index (χ4n) is 2.30. The third kappa shape index (κ3) is 2.42. The van der Waals surface area contributed by atoms with Crippen LogP contribution >= 0.6 is 0 Å². The van der Waals surface area contributed by atoms with Crippen molar-refractivity contribution in [3.05, 3.63) is 29.3 Å². The van der Waals surface area contributed by atoms with Crippen molar-refractivity contribution in [3.63, 3.8) is 0 Å². The van der Waals surface area contributed by atoms with Gasteiger partial charge >= 0.3 is 5.97 Å². The average molecular weight is 234 g/mol. The number of nitrogens with two attached hydrogens (primary N) is 1. The lowest BCUT2D eigenvalue weighted by Gasteiger charge is -2.23. The molecular formula is C13H18N2O2. The van der Waals surface area contributed by atoms with E-state index in [9.17, 15) is 4.79 Å². The number of anilines is 1. The Balaban J connectivity index is 2.39. The Morgan fingerprint density at radius 3 is 2.65 bits per heavy atom. The maximum atomic E-state index is 11.0. The van der Waals surface area contributed by atoms with Gasteiger partial charge in [0.15, 0.2) is 0 Å². The van der Waals surface area contributed by atoms with Crippen molar-refractivity contribution in [2.75, 3.05) is 18.0 Å². The molecule has 92 valence electrons. The molecule has 2 rings (SSSR count). The summed E-state index contributed by atoms with van der Waals surface area (Å²) in [6.07, 6.45) is 2.32. The number of benzene rings is 1. The average Bonchev–Trinajstić information content (AvgIpc) is 2.81. The largest absolute Gasteiger partial charge is 0.480 e. The Morgan fingerprint density at radius 2 is 2.06 bits per heavy atom. The molecule has 1 aromatic rings. The highest BCUT2D eigenvalue weighted by Crippen LogP contribution is 2.29. The lowest BCUT2D eigenvalue weighted by atomic mass is 10.0. The first-order chi connectivity index (χ1) is 8.09. The molecule has 3 N–H and O–H groups in total. The van der Waals surface area contributed by atoms with Gasteiger partial charge in [-0.2, -0.15) is 0 Å². The molecule has 0 bridgehead atoms. The molecule has 1 aliphatic rings. The van der Waals surface area contributed by atoms with E-state index in [4.69, 9.17) is 10.8 Å². The minimum atomic E-state index is -0.976. The van der Waals surface area contributed by atoms with Gasteiger partial charge in [0, 0.05) is 24.3 Å². The Hall–Kier alpha value is -1.55. The quantitative estimate of drug-likeness (QED) is 0.835. The van der Waals surface area contributed by atoms with Crippen LogP contribution in [0.3, 0.4) is 0 Å². The number of carbonyl (C=O) groups is 1. The van der Waals surface area contributed by atoms with Crippen LogP contribution in [0.15, 0.2) is 18.2 Å². The first kappa shape index (κ1) is 11.9. The molecule has 1 atom stereocenters. The van der Waals surface area contributed by atoms with Crippen molar-refractivity contribution >= 4 is 11.7 Å². The number of hydrogen-bond acceptors (Lipinski definition) is 3. The predicted molar refractivity (Wildman–Crippen MR) is 67.2 cm³/mol. The highest BCUT2D eigenvalue weighted by Gasteiger charge is 2.22. The van der Waals surface area contributed by atoms with Crippen molar-refractivity contribution in [2.24, 2.45) is 5.73 Å². The van der Waals surface area contributed by atoms with E-state index in [1.807, 2.05) is 25.1 Å². The second-order valence-electron chi connectivity index (χ2n) is 4.57. The van der Waals surface area contributed by atoms with Gasteiger partial charge in [-0.25, -0.2) is 0 Å². The van der Waals surface area contributed by atoms with Gasteiger partial charge in [0.05, 0.1) is 0 Å². The van der Waals surface area contributed by atoms with Crippen LogP contribution in [0.5, 0.6) is 0 Å². The lowest BCUT2D eigenvalue weighted by Crippen LogP contribution is -2.26. The monoisotopic (exact) mass is 234 g/mol. The van der Waals surface area contributed by atoms with E-state index >= 15 is 0 Å². The molecule has 0 radical (unpaired) electrons. The number of carboxylic acids is 1. The third-order valence-corrected chi connectivity index (χ3v) is 3.23. The minimum absolute atomic E-state index is 0.722. The summed E-state index contributed by atoms with van der Waals surface area (Å²) in [6, 6.07) is 4.93. The summed E-state index contributed by atoms with van der Waals surface area (Å²) in [5.74, 6) is -0.976. The number of aliphatic carboxylic acids is 1. The fraction of sp³-hybridized carbons (Fsp3) is 0.462. The smallest absolute Gasteiger partial charge is 0.325 e. The van der Waals surface area contributed by atoms with E-state index in [0.717, 1.165) is 42.7 Å². The normalized spacial score (nSPS) is 17.2. The molecule has 4 heteroatoms. The van der Waals surface area contributed by atoms with E-state index in [1.165, 1.54) is 0 Å². The van der Waals surface area contributed by atoms with Crippen LogP contribution in [0.4, 0.5) is 5.69 Å². The predicted octanol–water partition coefficient (Wildman–Crippen LogP) is 1.68. The Labute approximate surface area is 101 Å². The lowest BCUT2D eigenvalue weighted by molar-refractivity contribution is -0.138. The van der Waals surface area contributed by atoms with Crippen LogP contribution in [0.25, 0.3) is 0 Å². The van der Waals surface area contributed by atoms with Crippen molar-refractivity contribution in [1.29, 1.82) is 0 Å². The molecule has 1 saturated heterocycles. The summed E-state index contributed by atoms with van der Waals surface area (Å²) in [7, 11) is 0. The summed E-state index contributed by atoms with van der Waals surface area (Å²) < 4.78 is 0. The van der Waals surface area contributed by atoms with Crippen LogP contribution < -0.4 is 10.6 Å². The molecule has 1 fully saturated rings. The molecule has 0 spiro atoms. The van der Waals surface area contributed by atoms with Crippen molar-refractivity contribution in [3.8, 4) is 0 Å². The van der Waals surface area contributed by atoms with Gasteiger partial charge in [-0.15, -0.1) is 0 Å². The standard InChI is InChI=1S/C13H18N2O2/c1-9-4-5-11(15-6-2-3-7-15)10(8-9)12(14)13(16)17/h4-5,8,12H,2-3,6-7,14H2,1H3,(H,16,17). The zero-order valence-corrected chi connectivity index (χ0v) is 10.0. The van der Waals surface area contributed by atoms with Gasteiger partial charge < -0.3 is 15.7 Å². The Bertz CT molecular complexity index is 425. The van der Waals surface area contributed by atoms with Gasteiger partial charge in [-0.05, 0) is 25.8 Å². The Kier molecular flexibility index (Phi) is 3.33. The molecular weight excluding hydrogens is 216 g/mol. The number of rotatable bonds is 3. The second kappa shape index (κ2) is 4.75. The summed E-state index contributed by atoms with van der Waals surface area (Å²) in [4.78, 5) is 13.3. The van der Waals surface area contributed by atoms with Crippen molar-refractivity contribution in [1.82, 2.24) is 0 Å². The second-order valence-corrected chi connectivity index (χ2v) is 4.57. The van der Waals surface area contributed by atoms with Gasteiger partial charge in [-0.1, -0.05) is 17.7 Å². The van der Waals surface area contributed by atoms with Crippen LogP contribution in [0.2, 0.25) is 0 Å². The van der Waals surface area contributed by atoms with Crippen LogP contribution in [-0.4, -0.2) is 24.2 Å². The summed E-state index contributed by atoms with van der Waals surface area (Å²) >= 11 is 0. The van der Waals surface area contributed by atoms with Gasteiger partial charge in [0.1, 0.15) is 6.04 Å². The fourth-order valence-corrected chi connectivity index (χ4v) is 2.30. The molecule has 0 aliphatic carbocycles. The highest BCUT2D eigenvalue weighted by molar-refractivity contribution is 5.78. The molecule has 0 amide bonds. The SMILES string of the molecule is Cc1ccc(N2CCCC2)c(C(N)C(=O)O)c1. The third-order valence-electron chi connectivity index (χ3n) is 3.23. The van der Waals surface area contributed by atoms with Crippen LogP contribution in [-0.2, 0) is 4.79 Å². The van der Waals surface area contributed by atoms with Crippen LogP contribution in [0, 0.1) is 6.92 Å². The zero-order valence-electron chi connectivity index (χ0n) is 10.0. The van der Waals surface area contributed by atoms with E-state index in [-0.39, 0.29) is 0 Å². The summed E-state index contributed by atoms with van der Waals surface area (Å²) in [6.45, 7) is 3.93. The number of carboxylic acid groups (broad SMARTS) is 1. The molecule has 4 nitrogen and oxygen atoms in total. The number of hydrogen-bond donors (Lipinski definition) is 2. The molecule has 1 unspecified atom stereocenters.